The number of carbonyl (C=O) groups is 1. The SMILES string of the molecule is Cn1cc(CC(C(=O)O)c2ccc(Cl)cc2)cn1. The molecule has 1 atom stereocenters. The molecule has 0 spiro atoms. The van der Waals surface area contributed by atoms with E-state index >= 15 is 0 Å². The van der Waals surface area contributed by atoms with Gasteiger partial charge in [0.15, 0.2) is 0 Å². The second kappa shape index (κ2) is 5.23. The fourth-order valence-corrected chi connectivity index (χ4v) is 1.98. The van der Waals surface area contributed by atoms with E-state index < -0.39 is 11.9 Å². The molecule has 4 nitrogen and oxygen atoms in total. The molecule has 0 aliphatic carbocycles. The first-order valence-electron chi connectivity index (χ1n) is 5.52. The minimum absolute atomic E-state index is 0.421. The van der Waals surface area contributed by atoms with Crippen molar-refractivity contribution >= 4 is 17.6 Å². The number of aromatic nitrogens is 2. The summed E-state index contributed by atoms with van der Waals surface area (Å²) >= 11 is 5.80. The molecule has 0 fully saturated rings. The van der Waals surface area contributed by atoms with Crippen LogP contribution in [0.5, 0.6) is 0 Å². The maximum atomic E-state index is 11.3. The Morgan fingerprint density at radius 2 is 2.11 bits per heavy atom. The van der Waals surface area contributed by atoms with Gasteiger partial charge < -0.3 is 5.11 Å². The standard InChI is InChI=1S/C13H13ClN2O2/c1-16-8-9(7-15-16)6-12(13(17)18)10-2-4-11(14)5-3-10/h2-5,7-8,12H,6H2,1H3,(H,17,18). The van der Waals surface area contributed by atoms with Gasteiger partial charge in [-0.3, -0.25) is 9.48 Å². The van der Waals surface area contributed by atoms with Gasteiger partial charge in [-0.15, -0.1) is 0 Å². The number of carboxylic acid groups (broad SMARTS) is 1. The third-order valence-corrected chi connectivity index (χ3v) is 3.02. The molecule has 2 aromatic rings. The molecule has 1 aromatic heterocycles. The summed E-state index contributed by atoms with van der Waals surface area (Å²) in [7, 11) is 1.81. The lowest BCUT2D eigenvalue weighted by molar-refractivity contribution is -0.138. The van der Waals surface area contributed by atoms with Crippen LogP contribution in [-0.4, -0.2) is 20.9 Å². The molecular weight excluding hydrogens is 252 g/mol. The highest BCUT2D eigenvalue weighted by Crippen LogP contribution is 2.22. The molecule has 1 heterocycles. The van der Waals surface area contributed by atoms with E-state index in [0.717, 1.165) is 11.1 Å². The Hall–Kier alpha value is -1.81. The Labute approximate surface area is 110 Å². The molecule has 0 saturated carbocycles. The van der Waals surface area contributed by atoms with Crippen LogP contribution in [0.25, 0.3) is 0 Å². The largest absolute Gasteiger partial charge is 0.481 e. The lowest BCUT2D eigenvalue weighted by Crippen LogP contribution is -2.14. The fraction of sp³-hybridized carbons (Fsp3) is 0.231. The quantitative estimate of drug-likeness (QED) is 0.923. The van der Waals surface area contributed by atoms with E-state index in [0.29, 0.717) is 11.4 Å². The van der Waals surface area contributed by atoms with E-state index in [1.165, 1.54) is 0 Å². The maximum Gasteiger partial charge on any atom is 0.311 e. The average molecular weight is 265 g/mol. The summed E-state index contributed by atoms with van der Waals surface area (Å²) in [5.74, 6) is -1.42. The second-order valence-corrected chi connectivity index (χ2v) is 4.61. The van der Waals surface area contributed by atoms with E-state index in [9.17, 15) is 9.90 Å². The van der Waals surface area contributed by atoms with E-state index in [2.05, 4.69) is 5.10 Å². The van der Waals surface area contributed by atoms with E-state index in [1.54, 1.807) is 35.1 Å². The predicted octanol–water partition coefficient (Wildman–Crippen LogP) is 2.48. The molecule has 2 rings (SSSR count). The van der Waals surface area contributed by atoms with Gasteiger partial charge in [0, 0.05) is 18.3 Å². The zero-order valence-corrected chi connectivity index (χ0v) is 10.6. The maximum absolute atomic E-state index is 11.3. The number of carboxylic acids is 1. The first-order valence-corrected chi connectivity index (χ1v) is 5.90. The molecule has 0 aliphatic rings. The van der Waals surface area contributed by atoms with Crippen molar-refractivity contribution in [2.24, 2.45) is 7.05 Å². The summed E-state index contributed by atoms with van der Waals surface area (Å²) in [4.78, 5) is 11.3. The van der Waals surface area contributed by atoms with Crippen LogP contribution < -0.4 is 0 Å². The Morgan fingerprint density at radius 3 is 2.61 bits per heavy atom. The van der Waals surface area contributed by atoms with Crippen LogP contribution in [0.4, 0.5) is 0 Å². The van der Waals surface area contributed by atoms with Crippen LogP contribution in [0.3, 0.4) is 0 Å². The van der Waals surface area contributed by atoms with Crippen LogP contribution in [0.2, 0.25) is 5.02 Å². The molecule has 0 aliphatic heterocycles. The highest BCUT2D eigenvalue weighted by molar-refractivity contribution is 6.30. The zero-order valence-electron chi connectivity index (χ0n) is 9.88. The van der Waals surface area contributed by atoms with Crippen LogP contribution in [-0.2, 0) is 18.3 Å². The van der Waals surface area contributed by atoms with Gasteiger partial charge in [0.25, 0.3) is 0 Å². The summed E-state index contributed by atoms with van der Waals surface area (Å²) in [6, 6.07) is 6.90. The molecule has 0 saturated heterocycles. The highest BCUT2D eigenvalue weighted by atomic mass is 35.5. The van der Waals surface area contributed by atoms with Crippen LogP contribution in [0.1, 0.15) is 17.0 Å². The van der Waals surface area contributed by atoms with Gasteiger partial charge in [0.1, 0.15) is 0 Å². The second-order valence-electron chi connectivity index (χ2n) is 4.17. The number of aryl methyl sites for hydroxylation is 1. The molecule has 94 valence electrons. The normalized spacial score (nSPS) is 12.3. The van der Waals surface area contributed by atoms with E-state index in [4.69, 9.17) is 11.6 Å². The van der Waals surface area contributed by atoms with Gasteiger partial charge >= 0.3 is 5.97 Å². The van der Waals surface area contributed by atoms with Crippen molar-refractivity contribution in [2.75, 3.05) is 0 Å². The third kappa shape index (κ3) is 2.90. The summed E-state index contributed by atoms with van der Waals surface area (Å²) in [6.07, 6.45) is 3.93. The lowest BCUT2D eigenvalue weighted by Gasteiger charge is -2.11. The Bertz CT molecular complexity index is 548. The number of hydrogen-bond donors (Lipinski definition) is 1. The van der Waals surface area contributed by atoms with Gasteiger partial charge in [-0.2, -0.15) is 5.10 Å². The molecular formula is C13H13ClN2O2. The molecule has 1 aromatic carbocycles. The molecule has 0 radical (unpaired) electrons. The number of halogens is 1. The molecule has 1 N–H and O–H groups in total. The van der Waals surface area contributed by atoms with Crippen molar-refractivity contribution in [3.63, 3.8) is 0 Å². The monoisotopic (exact) mass is 264 g/mol. The van der Waals surface area contributed by atoms with Crippen molar-refractivity contribution < 1.29 is 9.90 Å². The molecule has 5 heteroatoms. The molecule has 18 heavy (non-hydrogen) atoms. The smallest absolute Gasteiger partial charge is 0.311 e. The molecule has 0 bridgehead atoms. The summed E-state index contributed by atoms with van der Waals surface area (Å²) in [5.41, 5.74) is 1.65. The lowest BCUT2D eigenvalue weighted by atomic mass is 9.93. The number of nitrogens with zero attached hydrogens (tertiary/aromatic N) is 2. The molecule has 0 amide bonds. The summed E-state index contributed by atoms with van der Waals surface area (Å²) in [5, 5.41) is 13.9. The Balaban J connectivity index is 2.23. The van der Waals surface area contributed by atoms with Crippen LogP contribution >= 0.6 is 11.6 Å². The van der Waals surface area contributed by atoms with Crippen molar-refractivity contribution in [1.29, 1.82) is 0 Å². The van der Waals surface area contributed by atoms with Gasteiger partial charge in [-0.1, -0.05) is 23.7 Å². The number of benzene rings is 1. The zero-order chi connectivity index (χ0) is 13.1. The van der Waals surface area contributed by atoms with Crippen molar-refractivity contribution in [3.05, 3.63) is 52.8 Å². The van der Waals surface area contributed by atoms with Crippen LogP contribution in [0.15, 0.2) is 36.7 Å². The first kappa shape index (κ1) is 12.6. The van der Waals surface area contributed by atoms with Crippen LogP contribution in [0, 0.1) is 0 Å². The Morgan fingerprint density at radius 1 is 1.44 bits per heavy atom. The minimum atomic E-state index is -0.846. The number of aliphatic carboxylic acids is 1. The third-order valence-electron chi connectivity index (χ3n) is 2.77. The average Bonchev–Trinajstić information content (AvgIpc) is 2.73. The van der Waals surface area contributed by atoms with Gasteiger partial charge in [0.2, 0.25) is 0 Å². The topological polar surface area (TPSA) is 55.1 Å². The number of rotatable bonds is 4. The fourth-order valence-electron chi connectivity index (χ4n) is 1.86. The van der Waals surface area contributed by atoms with Crippen molar-refractivity contribution in [3.8, 4) is 0 Å². The van der Waals surface area contributed by atoms with Gasteiger partial charge in [-0.25, -0.2) is 0 Å². The van der Waals surface area contributed by atoms with E-state index in [-0.39, 0.29) is 0 Å². The minimum Gasteiger partial charge on any atom is -0.481 e. The van der Waals surface area contributed by atoms with Crippen molar-refractivity contribution in [2.45, 2.75) is 12.3 Å². The number of hydrogen-bond acceptors (Lipinski definition) is 2. The summed E-state index contributed by atoms with van der Waals surface area (Å²) < 4.78 is 1.66. The summed E-state index contributed by atoms with van der Waals surface area (Å²) in [6.45, 7) is 0. The molecule has 1 unspecified atom stereocenters. The Kier molecular flexibility index (Phi) is 3.67. The van der Waals surface area contributed by atoms with Gasteiger partial charge in [0.05, 0.1) is 12.1 Å². The highest BCUT2D eigenvalue weighted by Gasteiger charge is 2.20. The van der Waals surface area contributed by atoms with Gasteiger partial charge in [-0.05, 0) is 29.7 Å². The van der Waals surface area contributed by atoms with Crippen molar-refractivity contribution in [1.82, 2.24) is 9.78 Å². The first-order chi connectivity index (χ1) is 8.56. The van der Waals surface area contributed by atoms with E-state index in [1.807, 2.05) is 13.2 Å². The predicted molar refractivity (Wildman–Crippen MR) is 68.7 cm³/mol.